The van der Waals surface area contributed by atoms with Crippen LogP contribution in [-0.4, -0.2) is 36.7 Å². The first kappa shape index (κ1) is 13.5. The van der Waals surface area contributed by atoms with Crippen LogP contribution in [0.2, 0.25) is 0 Å². The molecule has 3 nitrogen and oxygen atoms in total. The van der Waals surface area contributed by atoms with E-state index in [2.05, 4.69) is 18.7 Å². The molecule has 0 amide bonds. The first-order valence-corrected chi connectivity index (χ1v) is 6.36. The monoisotopic (exact) mass is 252 g/mol. The van der Waals surface area contributed by atoms with E-state index in [1.54, 1.807) is 12.1 Å². The minimum Gasteiger partial charge on any atom is -0.379 e. The summed E-state index contributed by atoms with van der Waals surface area (Å²) >= 11 is 0. The molecule has 1 saturated heterocycles. The Morgan fingerprint density at radius 2 is 1.89 bits per heavy atom. The zero-order valence-corrected chi connectivity index (χ0v) is 11.0. The first-order valence-electron chi connectivity index (χ1n) is 6.36. The lowest BCUT2D eigenvalue weighted by Gasteiger charge is -2.44. The van der Waals surface area contributed by atoms with Gasteiger partial charge in [0.25, 0.3) is 0 Å². The van der Waals surface area contributed by atoms with Crippen LogP contribution in [0.15, 0.2) is 24.3 Å². The minimum atomic E-state index is -0.350. The Morgan fingerprint density at radius 3 is 2.50 bits per heavy atom. The number of halogens is 1. The van der Waals surface area contributed by atoms with Crippen LogP contribution in [0.5, 0.6) is 0 Å². The zero-order chi connectivity index (χ0) is 13.2. The van der Waals surface area contributed by atoms with E-state index >= 15 is 0 Å². The fourth-order valence-corrected chi connectivity index (χ4v) is 2.44. The van der Waals surface area contributed by atoms with Crippen molar-refractivity contribution in [1.29, 1.82) is 0 Å². The van der Waals surface area contributed by atoms with E-state index in [1.165, 1.54) is 6.07 Å². The second-order valence-corrected chi connectivity index (χ2v) is 5.25. The van der Waals surface area contributed by atoms with Crippen molar-refractivity contribution in [3.8, 4) is 0 Å². The normalized spacial score (nSPS) is 19.8. The predicted octanol–water partition coefficient (Wildman–Crippen LogP) is 1.94. The van der Waals surface area contributed by atoms with Crippen molar-refractivity contribution in [2.24, 2.45) is 5.73 Å². The van der Waals surface area contributed by atoms with Crippen LogP contribution in [0.4, 0.5) is 4.39 Å². The molecule has 4 heteroatoms. The van der Waals surface area contributed by atoms with Crippen LogP contribution in [0.3, 0.4) is 0 Å². The van der Waals surface area contributed by atoms with Crippen LogP contribution in [0, 0.1) is 5.82 Å². The number of nitrogens with two attached hydrogens (primary N) is 1. The molecule has 18 heavy (non-hydrogen) atoms. The van der Waals surface area contributed by atoms with Gasteiger partial charge in [0.1, 0.15) is 5.82 Å². The molecule has 1 aliphatic rings. The van der Waals surface area contributed by atoms with Gasteiger partial charge in [0.15, 0.2) is 0 Å². The van der Waals surface area contributed by atoms with Crippen LogP contribution in [0.25, 0.3) is 0 Å². The van der Waals surface area contributed by atoms with Gasteiger partial charge < -0.3 is 10.5 Å². The molecule has 1 unspecified atom stereocenters. The Morgan fingerprint density at radius 1 is 1.28 bits per heavy atom. The standard InChI is InChI=1S/C14H21FN2O/c1-14(2,17-7-9-18-10-8-17)13(16)11-5-3-4-6-12(11)15/h3-6,13H,7-10,16H2,1-2H3. The smallest absolute Gasteiger partial charge is 0.128 e. The summed E-state index contributed by atoms with van der Waals surface area (Å²) in [6.07, 6.45) is 0. The summed E-state index contributed by atoms with van der Waals surface area (Å²) in [6.45, 7) is 7.25. The van der Waals surface area contributed by atoms with Crippen LogP contribution < -0.4 is 5.73 Å². The van der Waals surface area contributed by atoms with Crippen molar-refractivity contribution in [3.05, 3.63) is 35.6 Å². The van der Waals surface area contributed by atoms with Crippen LogP contribution >= 0.6 is 0 Å². The van der Waals surface area contributed by atoms with E-state index in [0.29, 0.717) is 18.8 Å². The molecule has 0 saturated carbocycles. The van der Waals surface area contributed by atoms with Gasteiger partial charge in [0, 0.05) is 24.2 Å². The topological polar surface area (TPSA) is 38.5 Å². The molecule has 0 aromatic heterocycles. The number of hydrogen-bond donors (Lipinski definition) is 1. The summed E-state index contributed by atoms with van der Waals surface area (Å²) in [7, 11) is 0. The number of benzene rings is 1. The van der Waals surface area contributed by atoms with E-state index in [9.17, 15) is 4.39 Å². The lowest BCUT2D eigenvalue weighted by atomic mass is 9.87. The van der Waals surface area contributed by atoms with E-state index in [0.717, 1.165) is 13.1 Å². The van der Waals surface area contributed by atoms with Crippen LogP contribution in [0.1, 0.15) is 25.5 Å². The molecule has 1 heterocycles. The molecule has 0 spiro atoms. The Hall–Kier alpha value is -0.970. The molecule has 0 radical (unpaired) electrons. The van der Waals surface area contributed by atoms with E-state index < -0.39 is 0 Å². The van der Waals surface area contributed by atoms with Gasteiger partial charge >= 0.3 is 0 Å². The average molecular weight is 252 g/mol. The van der Waals surface area contributed by atoms with Crippen molar-refractivity contribution >= 4 is 0 Å². The van der Waals surface area contributed by atoms with E-state index in [4.69, 9.17) is 10.5 Å². The van der Waals surface area contributed by atoms with Gasteiger partial charge in [0.05, 0.1) is 19.3 Å². The second-order valence-electron chi connectivity index (χ2n) is 5.25. The van der Waals surface area contributed by atoms with Crippen molar-refractivity contribution in [2.75, 3.05) is 26.3 Å². The Balaban J connectivity index is 2.20. The van der Waals surface area contributed by atoms with Gasteiger partial charge in [-0.1, -0.05) is 18.2 Å². The SMILES string of the molecule is CC(C)(C(N)c1ccccc1F)N1CCOCC1. The van der Waals surface area contributed by atoms with Crippen LogP contribution in [-0.2, 0) is 4.74 Å². The highest BCUT2D eigenvalue weighted by atomic mass is 19.1. The maximum atomic E-state index is 13.8. The fourth-order valence-electron chi connectivity index (χ4n) is 2.44. The molecule has 2 N–H and O–H groups in total. The summed E-state index contributed by atoms with van der Waals surface area (Å²) in [6, 6.07) is 6.39. The highest BCUT2D eigenvalue weighted by molar-refractivity contribution is 5.24. The van der Waals surface area contributed by atoms with Crippen molar-refractivity contribution < 1.29 is 9.13 Å². The molecule has 0 aliphatic carbocycles. The molecule has 1 fully saturated rings. The third-order valence-corrected chi connectivity index (χ3v) is 3.83. The largest absolute Gasteiger partial charge is 0.379 e. The highest BCUT2D eigenvalue weighted by Gasteiger charge is 2.35. The van der Waals surface area contributed by atoms with Gasteiger partial charge in [-0.15, -0.1) is 0 Å². The fraction of sp³-hybridized carbons (Fsp3) is 0.571. The molecule has 1 aromatic carbocycles. The Bertz CT molecular complexity index is 403. The summed E-state index contributed by atoms with van der Waals surface area (Å²) in [5.74, 6) is -0.230. The van der Waals surface area contributed by atoms with Gasteiger partial charge in [-0.3, -0.25) is 4.90 Å². The molecule has 100 valence electrons. The maximum absolute atomic E-state index is 13.8. The summed E-state index contributed by atoms with van der Waals surface area (Å²) in [4.78, 5) is 2.27. The van der Waals surface area contributed by atoms with E-state index in [-0.39, 0.29) is 17.4 Å². The summed E-state index contributed by atoms with van der Waals surface area (Å²) < 4.78 is 19.2. The van der Waals surface area contributed by atoms with Crippen molar-refractivity contribution in [3.63, 3.8) is 0 Å². The third kappa shape index (κ3) is 2.55. The maximum Gasteiger partial charge on any atom is 0.128 e. The lowest BCUT2D eigenvalue weighted by Crippen LogP contribution is -2.55. The van der Waals surface area contributed by atoms with Gasteiger partial charge in [-0.2, -0.15) is 0 Å². The number of nitrogens with zero attached hydrogens (tertiary/aromatic N) is 1. The highest BCUT2D eigenvalue weighted by Crippen LogP contribution is 2.30. The van der Waals surface area contributed by atoms with Gasteiger partial charge in [-0.25, -0.2) is 4.39 Å². The zero-order valence-electron chi connectivity index (χ0n) is 11.0. The Kier molecular flexibility index (Phi) is 4.00. The molecule has 1 aromatic rings. The number of ether oxygens (including phenoxy) is 1. The lowest BCUT2D eigenvalue weighted by molar-refractivity contribution is -0.0194. The van der Waals surface area contributed by atoms with Gasteiger partial charge in [-0.05, 0) is 19.9 Å². The number of morpholine rings is 1. The average Bonchev–Trinajstić information content (AvgIpc) is 2.39. The minimum absolute atomic E-state index is 0.230. The van der Waals surface area contributed by atoms with E-state index in [1.807, 2.05) is 6.07 Å². The third-order valence-electron chi connectivity index (χ3n) is 3.83. The molecule has 2 rings (SSSR count). The second kappa shape index (κ2) is 5.34. The molecular weight excluding hydrogens is 231 g/mol. The summed E-state index contributed by atoms with van der Waals surface area (Å²) in [5.41, 5.74) is 6.57. The Labute approximate surface area is 108 Å². The van der Waals surface area contributed by atoms with Gasteiger partial charge in [0.2, 0.25) is 0 Å². The number of rotatable bonds is 3. The number of hydrogen-bond acceptors (Lipinski definition) is 3. The van der Waals surface area contributed by atoms with Crippen molar-refractivity contribution in [1.82, 2.24) is 4.90 Å². The molecule has 1 atom stereocenters. The first-order chi connectivity index (χ1) is 8.53. The quantitative estimate of drug-likeness (QED) is 0.893. The molecular formula is C14H21FN2O. The predicted molar refractivity (Wildman–Crippen MR) is 69.8 cm³/mol. The molecule has 1 aliphatic heterocycles. The summed E-state index contributed by atoms with van der Waals surface area (Å²) in [5, 5.41) is 0. The molecule has 0 bridgehead atoms. The van der Waals surface area contributed by atoms with Crippen molar-refractivity contribution in [2.45, 2.75) is 25.4 Å².